The normalized spacial score (nSPS) is 11.7. The summed E-state index contributed by atoms with van der Waals surface area (Å²) in [7, 11) is 0. The molecule has 0 saturated heterocycles. The number of thioether (sulfide) groups is 1. The summed E-state index contributed by atoms with van der Waals surface area (Å²) in [6.07, 6.45) is 1.91. The first-order chi connectivity index (χ1) is 6.92. The van der Waals surface area contributed by atoms with Gasteiger partial charge in [-0.15, -0.1) is 11.8 Å². The van der Waals surface area contributed by atoms with E-state index in [9.17, 15) is 5.11 Å². The molecule has 1 rings (SSSR count). The van der Waals surface area contributed by atoms with Crippen molar-refractivity contribution in [3.05, 3.63) is 23.8 Å². The summed E-state index contributed by atoms with van der Waals surface area (Å²) in [6.45, 7) is 8.65. The van der Waals surface area contributed by atoms with Crippen LogP contribution >= 0.6 is 11.8 Å². The van der Waals surface area contributed by atoms with Gasteiger partial charge in [-0.25, -0.2) is 0 Å². The van der Waals surface area contributed by atoms with Crippen LogP contribution in [0.3, 0.4) is 0 Å². The Balaban J connectivity index is 2.87. The molecule has 1 aromatic carbocycles. The van der Waals surface area contributed by atoms with Gasteiger partial charge in [0.1, 0.15) is 0 Å². The van der Waals surface area contributed by atoms with Gasteiger partial charge in [0.15, 0.2) is 5.75 Å². The van der Waals surface area contributed by atoms with E-state index in [1.807, 2.05) is 23.9 Å². The summed E-state index contributed by atoms with van der Waals surface area (Å²) < 4.78 is 0.202. The van der Waals surface area contributed by atoms with Crippen LogP contribution in [0, 0.1) is 0 Å². The van der Waals surface area contributed by atoms with E-state index in [0.29, 0.717) is 0 Å². The largest absolute Gasteiger partial charge is 0.290 e. The van der Waals surface area contributed by atoms with Crippen LogP contribution in [-0.4, -0.2) is 4.75 Å². The molecule has 0 amide bonds. The quantitative estimate of drug-likeness (QED) is 0.681. The fraction of sp³-hybridized carbons (Fsp3) is 0.538. The average molecular weight is 223 g/mol. The van der Waals surface area contributed by atoms with E-state index in [0.717, 1.165) is 18.4 Å². The first kappa shape index (κ1) is 12.4. The van der Waals surface area contributed by atoms with E-state index in [-0.39, 0.29) is 10.5 Å². The summed E-state index contributed by atoms with van der Waals surface area (Å²) in [5.74, 6) is 0.176. The van der Waals surface area contributed by atoms with Gasteiger partial charge in [-0.05, 0) is 24.6 Å². The standard InChI is InChI=1S/C13H19OS/c1-5-6-10-9-11(7-8-12(10)14)15-13(2,3)4/h7-9H,5-6H2,1-4H3. The maximum absolute atomic E-state index is 11.5. The highest BCUT2D eigenvalue weighted by Crippen LogP contribution is 2.34. The van der Waals surface area contributed by atoms with Crippen molar-refractivity contribution in [2.24, 2.45) is 0 Å². The highest BCUT2D eigenvalue weighted by molar-refractivity contribution is 8.00. The minimum Gasteiger partial charge on any atom is -0.290 e. The molecule has 0 aromatic heterocycles. The molecule has 83 valence electrons. The van der Waals surface area contributed by atoms with E-state index in [1.165, 1.54) is 4.90 Å². The Morgan fingerprint density at radius 3 is 2.47 bits per heavy atom. The third-order valence-corrected chi connectivity index (χ3v) is 3.08. The third-order valence-electron chi connectivity index (χ3n) is 1.98. The molecule has 15 heavy (non-hydrogen) atoms. The lowest BCUT2D eigenvalue weighted by Crippen LogP contribution is -2.06. The Morgan fingerprint density at radius 1 is 1.27 bits per heavy atom. The average Bonchev–Trinajstić information content (AvgIpc) is 2.09. The Kier molecular flexibility index (Phi) is 4.09. The molecule has 0 spiro atoms. The first-order valence-electron chi connectivity index (χ1n) is 5.41. The predicted molar refractivity (Wildman–Crippen MR) is 66.2 cm³/mol. The second-order valence-corrected chi connectivity index (χ2v) is 6.63. The van der Waals surface area contributed by atoms with Crippen LogP contribution in [0.25, 0.3) is 0 Å². The van der Waals surface area contributed by atoms with E-state index in [4.69, 9.17) is 0 Å². The van der Waals surface area contributed by atoms with Gasteiger partial charge in [-0.3, -0.25) is 5.11 Å². The minimum absolute atomic E-state index is 0.176. The summed E-state index contributed by atoms with van der Waals surface area (Å²) in [5.41, 5.74) is 0.951. The molecule has 0 atom stereocenters. The van der Waals surface area contributed by atoms with Crippen molar-refractivity contribution in [2.75, 3.05) is 0 Å². The van der Waals surface area contributed by atoms with E-state index < -0.39 is 0 Å². The number of rotatable bonds is 3. The Hall–Kier alpha value is -0.630. The maximum atomic E-state index is 11.5. The number of hydrogen-bond acceptors (Lipinski definition) is 1. The van der Waals surface area contributed by atoms with Crippen LogP contribution in [0.15, 0.2) is 23.1 Å². The molecule has 0 aliphatic heterocycles. The van der Waals surface area contributed by atoms with Crippen molar-refractivity contribution in [3.8, 4) is 5.75 Å². The predicted octanol–water partition coefficient (Wildman–Crippen LogP) is 4.67. The molecule has 1 aromatic rings. The summed E-state index contributed by atoms with van der Waals surface area (Å²) in [4.78, 5) is 1.20. The number of benzene rings is 1. The molecule has 0 fully saturated rings. The zero-order valence-electron chi connectivity index (χ0n) is 9.96. The van der Waals surface area contributed by atoms with Crippen LogP contribution in [0.4, 0.5) is 0 Å². The monoisotopic (exact) mass is 223 g/mol. The molecule has 0 aliphatic carbocycles. The summed E-state index contributed by atoms with van der Waals surface area (Å²) >= 11 is 1.81. The van der Waals surface area contributed by atoms with Gasteiger partial charge in [-0.2, -0.15) is 0 Å². The fourth-order valence-electron chi connectivity index (χ4n) is 1.44. The molecule has 1 nitrogen and oxygen atoms in total. The second-order valence-electron chi connectivity index (χ2n) is 4.73. The van der Waals surface area contributed by atoms with Crippen LogP contribution < -0.4 is 0 Å². The molecule has 0 aliphatic rings. The van der Waals surface area contributed by atoms with Gasteiger partial charge in [0.2, 0.25) is 0 Å². The van der Waals surface area contributed by atoms with Crippen molar-refractivity contribution in [1.29, 1.82) is 0 Å². The lowest BCUT2D eigenvalue weighted by molar-refractivity contribution is 0.349. The molecular weight excluding hydrogens is 204 g/mol. The van der Waals surface area contributed by atoms with Crippen LogP contribution in [0.1, 0.15) is 39.7 Å². The van der Waals surface area contributed by atoms with Crippen molar-refractivity contribution >= 4 is 11.8 Å². The van der Waals surface area contributed by atoms with Crippen molar-refractivity contribution in [1.82, 2.24) is 0 Å². The van der Waals surface area contributed by atoms with Crippen LogP contribution in [0.2, 0.25) is 0 Å². The van der Waals surface area contributed by atoms with Gasteiger partial charge in [0, 0.05) is 15.2 Å². The lowest BCUT2D eigenvalue weighted by atomic mass is 10.1. The van der Waals surface area contributed by atoms with Crippen molar-refractivity contribution in [2.45, 2.75) is 50.2 Å². The third kappa shape index (κ3) is 4.17. The molecular formula is C13H19OS. The van der Waals surface area contributed by atoms with Gasteiger partial charge < -0.3 is 0 Å². The SMILES string of the molecule is CCCc1cc(SC(C)(C)C)ccc1[O]. The fourth-order valence-corrected chi connectivity index (χ4v) is 2.48. The van der Waals surface area contributed by atoms with Gasteiger partial charge in [0.25, 0.3) is 0 Å². The highest BCUT2D eigenvalue weighted by atomic mass is 32.2. The smallest absolute Gasteiger partial charge is 0.181 e. The van der Waals surface area contributed by atoms with E-state index >= 15 is 0 Å². The van der Waals surface area contributed by atoms with E-state index in [1.54, 1.807) is 6.07 Å². The molecule has 0 saturated carbocycles. The molecule has 0 bridgehead atoms. The summed E-state index contributed by atoms with van der Waals surface area (Å²) in [6, 6.07) is 5.66. The molecule has 0 N–H and O–H groups in total. The second kappa shape index (κ2) is 4.93. The summed E-state index contributed by atoms with van der Waals surface area (Å²) in [5, 5.41) is 11.5. The van der Waals surface area contributed by atoms with Gasteiger partial charge in [0.05, 0.1) is 0 Å². The molecule has 2 heteroatoms. The zero-order valence-corrected chi connectivity index (χ0v) is 10.8. The minimum atomic E-state index is 0.176. The van der Waals surface area contributed by atoms with Crippen LogP contribution in [-0.2, 0) is 11.5 Å². The van der Waals surface area contributed by atoms with Gasteiger partial charge >= 0.3 is 0 Å². The number of hydrogen-bond donors (Lipinski definition) is 0. The van der Waals surface area contributed by atoms with Crippen molar-refractivity contribution < 1.29 is 5.11 Å². The van der Waals surface area contributed by atoms with Gasteiger partial charge in [-0.1, -0.05) is 34.1 Å². The Bertz CT molecular complexity index is 326. The highest BCUT2D eigenvalue weighted by Gasteiger charge is 2.13. The number of aryl methyl sites for hydroxylation is 1. The Labute approximate surface area is 96.9 Å². The zero-order chi connectivity index (χ0) is 11.5. The topological polar surface area (TPSA) is 19.9 Å². The molecule has 0 unspecified atom stereocenters. The van der Waals surface area contributed by atoms with Crippen LogP contribution in [0.5, 0.6) is 5.75 Å². The molecule has 0 heterocycles. The maximum Gasteiger partial charge on any atom is 0.181 e. The lowest BCUT2D eigenvalue weighted by Gasteiger charge is -2.18. The molecule has 1 radical (unpaired) electrons. The first-order valence-corrected chi connectivity index (χ1v) is 6.23. The van der Waals surface area contributed by atoms with E-state index in [2.05, 4.69) is 27.7 Å². The Morgan fingerprint density at radius 2 is 1.93 bits per heavy atom. The van der Waals surface area contributed by atoms with Crippen molar-refractivity contribution in [3.63, 3.8) is 0 Å².